The molecule has 6 heteroatoms. The molecule has 0 aliphatic carbocycles. The molecule has 1 aromatic carbocycles. The minimum absolute atomic E-state index is 0.0308. The number of benzene rings is 1. The van der Waals surface area contributed by atoms with Crippen LogP contribution < -0.4 is 4.74 Å². The smallest absolute Gasteiger partial charge is 0.192 e. The highest BCUT2D eigenvalue weighted by Gasteiger charge is 2.45. The van der Waals surface area contributed by atoms with Crippen molar-refractivity contribution >= 4 is 14.1 Å². The van der Waals surface area contributed by atoms with Crippen molar-refractivity contribution in [3.8, 4) is 5.75 Å². The Morgan fingerprint density at radius 1 is 1.02 bits per heavy atom. The highest BCUT2D eigenvalue weighted by atomic mass is 28.4. The summed E-state index contributed by atoms with van der Waals surface area (Å²) in [4.78, 5) is 13.4. The molecule has 5 nitrogen and oxygen atoms in total. The molecule has 0 bridgehead atoms. The Morgan fingerprint density at radius 2 is 1.66 bits per heavy atom. The van der Waals surface area contributed by atoms with Crippen LogP contribution in [0.1, 0.15) is 93.1 Å². The van der Waals surface area contributed by atoms with Crippen molar-refractivity contribution in [2.45, 2.75) is 137 Å². The van der Waals surface area contributed by atoms with Gasteiger partial charge in [0.15, 0.2) is 8.32 Å². The first kappa shape index (κ1) is 35.7. The number of hydrogen-bond donors (Lipinski definition) is 0. The van der Waals surface area contributed by atoms with Crippen LogP contribution in [0.5, 0.6) is 5.75 Å². The molecule has 234 valence electrons. The molecule has 1 fully saturated rings. The van der Waals surface area contributed by atoms with E-state index >= 15 is 0 Å². The maximum Gasteiger partial charge on any atom is 0.192 e. The van der Waals surface area contributed by atoms with Gasteiger partial charge >= 0.3 is 0 Å². The monoisotopic (exact) mass is 588 g/mol. The van der Waals surface area contributed by atoms with Crippen molar-refractivity contribution in [3.05, 3.63) is 42.5 Å². The van der Waals surface area contributed by atoms with E-state index in [0.29, 0.717) is 31.3 Å². The highest BCUT2D eigenvalue weighted by molar-refractivity contribution is 6.73. The van der Waals surface area contributed by atoms with Crippen LogP contribution in [0.2, 0.25) is 18.1 Å². The Balaban J connectivity index is 2.03. The molecule has 1 heterocycles. The zero-order valence-electron chi connectivity index (χ0n) is 27.6. The molecule has 8 atom stereocenters. The van der Waals surface area contributed by atoms with Crippen molar-refractivity contribution in [2.75, 3.05) is 7.11 Å². The van der Waals surface area contributed by atoms with Gasteiger partial charge < -0.3 is 18.6 Å². The standard InChI is InChI=1S/C35H60O5Si/c1-11-25(6)20-26(7)33-23-34(40-41(13-3,14-4)15-5)35(39-33)28(9)22-30(36)21-27(8)32(12-2)38-24-29-16-18-31(37-10)19-17-29/h12,16-19,25-28,32-35H,2,11,13-15,20-24H2,1,3-10H3/t25-,26-,27-,28-,32+,33-,34-,35-/m0/s1. The Morgan fingerprint density at radius 3 is 2.20 bits per heavy atom. The van der Waals surface area contributed by atoms with E-state index in [1.165, 1.54) is 12.8 Å². The van der Waals surface area contributed by atoms with Crippen LogP contribution >= 0.6 is 0 Å². The number of ether oxygens (including phenoxy) is 3. The number of ketones is 1. The number of rotatable bonds is 20. The van der Waals surface area contributed by atoms with E-state index in [4.69, 9.17) is 18.6 Å². The van der Waals surface area contributed by atoms with Gasteiger partial charge in [0.2, 0.25) is 0 Å². The van der Waals surface area contributed by atoms with Gasteiger partial charge in [0.1, 0.15) is 11.5 Å². The molecule has 0 aromatic heterocycles. The predicted octanol–water partition coefficient (Wildman–Crippen LogP) is 9.01. The number of Topliss-reactive ketones (excluding diaryl/α,β-unsaturated/α-hetero) is 1. The maximum atomic E-state index is 13.4. The molecular weight excluding hydrogens is 528 g/mol. The fourth-order valence-corrected chi connectivity index (χ4v) is 9.25. The van der Waals surface area contributed by atoms with Crippen LogP contribution in [0.3, 0.4) is 0 Å². The molecular formula is C35H60O5Si. The van der Waals surface area contributed by atoms with Gasteiger partial charge in [-0.2, -0.15) is 0 Å². The molecule has 1 aliphatic rings. The Hall–Kier alpha value is -1.47. The molecule has 0 unspecified atom stereocenters. The largest absolute Gasteiger partial charge is 0.497 e. The molecule has 1 aromatic rings. The van der Waals surface area contributed by atoms with Gasteiger partial charge in [0.25, 0.3) is 0 Å². The van der Waals surface area contributed by atoms with Gasteiger partial charge in [-0.05, 0) is 65.9 Å². The minimum atomic E-state index is -1.80. The minimum Gasteiger partial charge on any atom is -0.497 e. The van der Waals surface area contributed by atoms with Crippen molar-refractivity contribution in [1.82, 2.24) is 0 Å². The van der Waals surface area contributed by atoms with Gasteiger partial charge in [0.05, 0.1) is 38.1 Å². The van der Waals surface area contributed by atoms with E-state index in [9.17, 15) is 4.79 Å². The third kappa shape index (κ3) is 10.6. The van der Waals surface area contributed by atoms with E-state index in [1.54, 1.807) is 7.11 Å². The van der Waals surface area contributed by atoms with Crippen LogP contribution in [0.25, 0.3) is 0 Å². The average Bonchev–Trinajstić information content (AvgIpc) is 3.40. The molecule has 2 rings (SSSR count). The highest BCUT2D eigenvalue weighted by Crippen LogP contribution is 2.39. The molecule has 0 saturated carbocycles. The summed E-state index contributed by atoms with van der Waals surface area (Å²) in [7, 11) is -0.141. The number of carbonyl (C=O) groups excluding carboxylic acids is 1. The van der Waals surface area contributed by atoms with Crippen LogP contribution in [0.15, 0.2) is 36.9 Å². The van der Waals surface area contributed by atoms with Crippen molar-refractivity contribution in [2.24, 2.45) is 23.7 Å². The number of hydrogen-bond acceptors (Lipinski definition) is 5. The van der Waals surface area contributed by atoms with E-state index in [0.717, 1.165) is 35.9 Å². The van der Waals surface area contributed by atoms with E-state index in [2.05, 4.69) is 62.0 Å². The molecule has 1 saturated heterocycles. The summed E-state index contributed by atoms with van der Waals surface area (Å²) >= 11 is 0. The van der Waals surface area contributed by atoms with E-state index in [1.807, 2.05) is 30.3 Å². The second kappa shape index (κ2) is 17.6. The summed E-state index contributed by atoms with van der Waals surface area (Å²) in [6, 6.07) is 11.2. The van der Waals surface area contributed by atoms with Crippen molar-refractivity contribution in [3.63, 3.8) is 0 Å². The summed E-state index contributed by atoms with van der Waals surface area (Å²) in [6.45, 7) is 22.5. The first-order chi connectivity index (χ1) is 19.5. The van der Waals surface area contributed by atoms with Crippen LogP contribution in [-0.2, 0) is 25.3 Å². The summed E-state index contributed by atoms with van der Waals surface area (Å²) in [6.07, 6.45) is 6.16. The lowest BCUT2D eigenvalue weighted by Gasteiger charge is -2.35. The Bertz CT molecular complexity index is 890. The Kier molecular flexibility index (Phi) is 15.3. The number of carbonyl (C=O) groups is 1. The van der Waals surface area contributed by atoms with E-state index in [-0.39, 0.29) is 42.0 Å². The molecule has 0 amide bonds. The fraction of sp³-hybridized carbons (Fsp3) is 0.743. The first-order valence-corrected chi connectivity index (χ1v) is 18.8. The molecule has 1 aliphatic heterocycles. The van der Waals surface area contributed by atoms with Crippen molar-refractivity contribution in [1.29, 1.82) is 0 Å². The molecule has 0 N–H and O–H groups in total. The lowest BCUT2D eigenvalue weighted by Crippen LogP contribution is -2.44. The SMILES string of the molecule is C=C[C@@H](OCc1ccc(OC)cc1)[C@@H](C)CC(=O)C[C@H](C)[C@@H]1O[C@H]([C@@H](C)C[C@@H](C)CC)C[C@@H]1O[Si](CC)(CC)CC. The van der Waals surface area contributed by atoms with Gasteiger partial charge in [-0.15, -0.1) is 6.58 Å². The predicted molar refractivity (Wildman–Crippen MR) is 173 cm³/mol. The summed E-state index contributed by atoms with van der Waals surface area (Å²) in [5, 5.41) is 0. The molecule has 41 heavy (non-hydrogen) atoms. The zero-order chi connectivity index (χ0) is 30.6. The Labute approximate surface area is 252 Å². The summed E-state index contributed by atoms with van der Waals surface area (Å²) < 4.78 is 25.3. The van der Waals surface area contributed by atoms with Gasteiger partial charge in [-0.3, -0.25) is 4.79 Å². The third-order valence-corrected chi connectivity index (χ3v) is 14.3. The average molecular weight is 589 g/mol. The normalized spacial score (nSPS) is 23.0. The van der Waals surface area contributed by atoms with Crippen molar-refractivity contribution < 1.29 is 23.4 Å². The quantitative estimate of drug-likeness (QED) is 0.112. The summed E-state index contributed by atoms with van der Waals surface area (Å²) in [5.74, 6) is 2.41. The second-order valence-electron chi connectivity index (χ2n) is 12.8. The van der Waals surface area contributed by atoms with Gasteiger partial charge in [-0.25, -0.2) is 0 Å². The van der Waals surface area contributed by atoms with E-state index < -0.39 is 8.32 Å². The number of methoxy groups -OCH3 is 1. The molecule has 0 radical (unpaired) electrons. The van der Waals surface area contributed by atoms with Crippen LogP contribution in [0, 0.1) is 23.7 Å². The molecule has 0 spiro atoms. The summed E-state index contributed by atoms with van der Waals surface area (Å²) in [5.41, 5.74) is 1.07. The van der Waals surface area contributed by atoms with Crippen LogP contribution in [-0.4, -0.2) is 45.6 Å². The lowest BCUT2D eigenvalue weighted by molar-refractivity contribution is -0.123. The fourth-order valence-electron chi connectivity index (χ4n) is 6.38. The van der Waals surface area contributed by atoms with Crippen LogP contribution in [0.4, 0.5) is 0 Å². The second-order valence-corrected chi connectivity index (χ2v) is 17.5. The first-order valence-electron chi connectivity index (χ1n) is 16.3. The third-order valence-electron chi connectivity index (χ3n) is 9.66. The van der Waals surface area contributed by atoms with Gasteiger partial charge in [-0.1, -0.05) is 80.0 Å². The van der Waals surface area contributed by atoms with Gasteiger partial charge in [0, 0.05) is 19.3 Å². The maximum absolute atomic E-state index is 13.4. The zero-order valence-corrected chi connectivity index (χ0v) is 28.6. The lowest BCUT2D eigenvalue weighted by atomic mass is 9.88. The topological polar surface area (TPSA) is 54.0 Å².